The number of esters is 1. The van der Waals surface area contributed by atoms with Crippen LogP contribution < -0.4 is 0 Å². The topological polar surface area (TPSA) is 56.6 Å². The molecule has 1 aromatic rings. The first kappa shape index (κ1) is 19.9. The number of hydrogen-bond acceptors (Lipinski definition) is 5. The van der Waals surface area contributed by atoms with Gasteiger partial charge in [-0.3, -0.25) is 14.4 Å². The molecule has 1 aliphatic heterocycles. The molecule has 0 N–H and O–H groups in total. The van der Waals surface area contributed by atoms with Gasteiger partial charge in [-0.2, -0.15) is 5.10 Å². The van der Waals surface area contributed by atoms with Gasteiger partial charge in [0.2, 0.25) is 0 Å². The Bertz CT molecular complexity index is 562. The molecule has 0 saturated carbocycles. The van der Waals surface area contributed by atoms with E-state index in [4.69, 9.17) is 9.47 Å². The number of aromatic nitrogens is 2. The number of rotatable bonds is 8. The second kappa shape index (κ2) is 8.81. The molecule has 25 heavy (non-hydrogen) atoms. The summed E-state index contributed by atoms with van der Waals surface area (Å²) in [4.78, 5) is 15.0. The van der Waals surface area contributed by atoms with Crippen molar-refractivity contribution in [2.24, 2.45) is 5.41 Å². The largest absolute Gasteiger partial charge is 0.466 e. The fourth-order valence-corrected chi connectivity index (χ4v) is 3.76. The van der Waals surface area contributed by atoms with Crippen LogP contribution in [0.4, 0.5) is 0 Å². The second-order valence-corrected chi connectivity index (χ2v) is 7.24. The first-order chi connectivity index (χ1) is 11.9. The minimum Gasteiger partial charge on any atom is -0.466 e. The highest BCUT2D eigenvalue weighted by Gasteiger charge is 2.43. The second-order valence-electron chi connectivity index (χ2n) is 7.24. The molecule has 142 valence electrons. The highest BCUT2D eigenvalue weighted by molar-refractivity contribution is 5.77. The summed E-state index contributed by atoms with van der Waals surface area (Å²) in [7, 11) is 1.68. The van der Waals surface area contributed by atoms with E-state index in [0.717, 1.165) is 44.6 Å². The van der Waals surface area contributed by atoms with Gasteiger partial charge in [0.1, 0.15) is 0 Å². The van der Waals surface area contributed by atoms with E-state index in [2.05, 4.69) is 34.6 Å². The maximum atomic E-state index is 12.5. The van der Waals surface area contributed by atoms with Crippen molar-refractivity contribution in [2.45, 2.75) is 59.5 Å². The van der Waals surface area contributed by atoms with Gasteiger partial charge in [-0.15, -0.1) is 0 Å². The molecule has 1 aliphatic rings. The summed E-state index contributed by atoms with van der Waals surface area (Å²) in [5, 5.41) is 4.57. The maximum Gasteiger partial charge on any atom is 0.312 e. The van der Waals surface area contributed by atoms with Gasteiger partial charge in [-0.1, -0.05) is 0 Å². The number of nitrogens with zero attached hydrogens (tertiary/aromatic N) is 3. The van der Waals surface area contributed by atoms with Crippen molar-refractivity contribution in [1.29, 1.82) is 0 Å². The quantitative estimate of drug-likeness (QED) is 0.674. The fourth-order valence-electron chi connectivity index (χ4n) is 3.76. The zero-order valence-electron chi connectivity index (χ0n) is 16.4. The molecule has 0 spiro atoms. The third-order valence-electron chi connectivity index (χ3n) is 5.41. The van der Waals surface area contributed by atoms with Crippen LogP contribution in [0.1, 0.15) is 44.5 Å². The lowest BCUT2D eigenvalue weighted by Crippen LogP contribution is -2.49. The van der Waals surface area contributed by atoms with Crippen LogP contribution in [-0.2, 0) is 20.8 Å². The Kier molecular flexibility index (Phi) is 7.02. The zero-order chi connectivity index (χ0) is 18.4. The summed E-state index contributed by atoms with van der Waals surface area (Å²) in [6.45, 7) is 12.0. The molecule has 1 aromatic heterocycles. The molecular weight excluding hydrogens is 318 g/mol. The number of likely N-dealkylation sites (tertiary alicyclic amines) is 1. The smallest absolute Gasteiger partial charge is 0.312 e. The first-order valence-corrected chi connectivity index (χ1v) is 9.33. The highest BCUT2D eigenvalue weighted by atomic mass is 16.5. The maximum absolute atomic E-state index is 12.5. The summed E-state index contributed by atoms with van der Waals surface area (Å²) in [5.74, 6) is -0.0575. The van der Waals surface area contributed by atoms with E-state index in [-0.39, 0.29) is 11.4 Å². The van der Waals surface area contributed by atoms with Gasteiger partial charge in [0.05, 0.1) is 24.3 Å². The molecule has 0 amide bonds. The Balaban J connectivity index is 1.97. The van der Waals surface area contributed by atoms with E-state index in [9.17, 15) is 4.79 Å². The lowest BCUT2D eigenvalue weighted by Gasteiger charge is -2.42. The Morgan fingerprint density at radius 3 is 2.56 bits per heavy atom. The van der Waals surface area contributed by atoms with Crippen LogP contribution in [0.5, 0.6) is 0 Å². The van der Waals surface area contributed by atoms with Crippen molar-refractivity contribution in [3.8, 4) is 0 Å². The first-order valence-electron chi connectivity index (χ1n) is 9.33. The number of piperidine rings is 1. The monoisotopic (exact) mass is 351 g/mol. The molecule has 1 atom stereocenters. The highest BCUT2D eigenvalue weighted by Crippen LogP contribution is 2.37. The fraction of sp³-hybridized carbons (Fsp3) is 0.789. The van der Waals surface area contributed by atoms with Gasteiger partial charge < -0.3 is 9.47 Å². The van der Waals surface area contributed by atoms with Crippen LogP contribution in [0, 0.1) is 19.3 Å². The van der Waals surface area contributed by atoms with Crippen molar-refractivity contribution >= 4 is 5.97 Å². The molecule has 1 fully saturated rings. The lowest BCUT2D eigenvalue weighted by atomic mass is 9.75. The predicted molar refractivity (Wildman–Crippen MR) is 97.5 cm³/mol. The molecule has 2 rings (SSSR count). The normalized spacial score (nSPS) is 18.9. The molecule has 0 aliphatic carbocycles. The molecule has 1 saturated heterocycles. The van der Waals surface area contributed by atoms with Crippen molar-refractivity contribution in [2.75, 3.05) is 33.4 Å². The Morgan fingerprint density at radius 1 is 1.36 bits per heavy atom. The van der Waals surface area contributed by atoms with E-state index in [1.54, 1.807) is 7.11 Å². The molecule has 0 unspecified atom stereocenters. The lowest BCUT2D eigenvalue weighted by molar-refractivity contribution is -0.160. The molecular formula is C19H33N3O3. The third kappa shape index (κ3) is 4.82. The van der Waals surface area contributed by atoms with Gasteiger partial charge in [0.15, 0.2) is 0 Å². The average molecular weight is 351 g/mol. The standard InChI is InChI=1S/C19H33N3O3/c1-6-25-18(23)19(9-12-24-5)7-10-21(11-8-19)17(4)14-22-16(3)13-15(2)20-22/h13,17H,6-12,14H2,1-5H3/t17-/m0/s1. The molecule has 0 bridgehead atoms. The van der Waals surface area contributed by atoms with Gasteiger partial charge in [0.25, 0.3) is 0 Å². The van der Waals surface area contributed by atoms with Crippen LogP contribution in [-0.4, -0.2) is 60.1 Å². The zero-order valence-corrected chi connectivity index (χ0v) is 16.4. The molecule has 2 heterocycles. The van der Waals surface area contributed by atoms with Gasteiger partial charge in [-0.05, 0) is 66.1 Å². The summed E-state index contributed by atoms with van der Waals surface area (Å²) < 4.78 is 12.7. The van der Waals surface area contributed by atoms with Crippen molar-refractivity contribution < 1.29 is 14.3 Å². The number of ether oxygens (including phenoxy) is 2. The molecule has 0 aromatic carbocycles. The van der Waals surface area contributed by atoms with E-state index >= 15 is 0 Å². The summed E-state index contributed by atoms with van der Waals surface area (Å²) in [6, 6.07) is 2.50. The summed E-state index contributed by atoms with van der Waals surface area (Å²) >= 11 is 0. The van der Waals surface area contributed by atoms with Crippen LogP contribution in [0.25, 0.3) is 0 Å². The molecule has 0 radical (unpaired) electrons. The Labute approximate surface area is 151 Å². The van der Waals surface area contributed by atoms with Gasteiger partial charge in [0, 0.05) is 25.5 Å². The van der Waals surface area contributed by atoms with E-state index in [1.165, 1.54) is 5.69 Å². The Morgan fingerprint density at radius 2 is 2.04 bits per heavy atom. The van der Waals surface area contributed by atoms with E-state index in [0.29, 0.717) is 19.3 Å². The summed E-state index contributed by atoms with van der Waals surface area (Å²) in [6.07, 6.45) is 2.40. The van der Waals surface area contributed by atoms with E-state index in [1.807, 2.05) is 13.8 Å². The van der Waals surface area contributed by atoms with Crippen LogP contribution in [0.2, 0.25) is 0 Å². The minimum absolute atomic E-state index is 0.0575. The van der Waals surface area contributed by atoms with E-state index < -0.39 is 0 Å². The van der Waals surface area contributed by atoms with Gasteiger partial charge >= 0.3 is 5.97 Å². The van der Waals surface area contributed by atoms with Crippen LogP contribution >= 0.6 is 0 Å². The third-order valence-corrected chi connectivity index (χ3v) is 5.41. The number of carbonyl (C=O) groups is 1. The molecule has 6 heteroatoms. The number of hydrogen-bond donors (Lipinski definition) is 0. The number of methoxy groups -OCH3 is 1. The van der Waals surface area contributed by atoms with Gasteiger partial charge in [-0.25, -0.2) is 0 Å². The minimum atomic E-state index is -0.388. The Hall–Kier alpha value is -1.40. The van der Waals surface area contributed by atoms with Crippen LogP contribution in [0.3, 0.4) is 0 Å². The number of carbonyl (C=O) groups excluding carboxylic acids is 1. The predicted octanol–water partition coefficient (Wildman–Crippen LogP) is 2.57. The summed E-state index contributed by atoms with van der Waals surface area (Å²) in [5.41, 5.74) is 1.87. The van der Waals surface area contributed by atoms with Crippen LogP contribution in [0.15, 0.2) is 6.07 Å². The number of aryl methyl sites for hydroxylation is 2. The van der Waals surface area contributed by atoms with Crippen molar-refractivity contribution in [3.63, 3.8) is 0 Å². The molecule has 6 nitrogen and oxygen atoms in total. The van der Waals surface area contributed by atoms with Crippen molar-refractivity contribution in [3.05, 3.63) is 17.5 Å². The van der Waals surface area contributed by atoms with Crippen molar-refractivity contribution in [1.82, 2.24) is 14.7 Å². The average Bonchev–Trinajstić information content (AvgIpc) is 2.90. The SMILES string of the molecule is CCOC(=O)C1(CCOC)CCN([C@@H](C)Cn2nc(C)cc2C)CC1.